The van der Waals surface area contributed by atoms with Gasteiger partial charge in [-0.2, -0.15) is 15.0 Å². The Morgan fingerprint density at radius 3 is 2.75 bits per heavy atom. The summed E-state index contributed by atoms with van der Waals surface area (Å²) in [7, 11) is 0. The molecule has 7 nitrogen and oxygen atoms in total. The minimum atomic E-state index is 0.161. The van der Waals surface area contributed by atoms with Gasteiger partial charge in [0, 0.05) is 26.2 Å². The molecule has 20 heavy (non-hydrogen) atoms. The van der Waals surface area contributed by atoms with Crippen LogP contribution >= 0.6 is 0 Å². The van der Waals surface area contributed by atoms with E-state index in [1.54, 1.807) is 0 Å². The summed E-state index contributed by atoms with van der Waals surface area (Å²) in [5.74, 6) is 1.49. The van der Waals surface area contributed by atoms with Crippen molar-refractivity contribution in [1.29, 1.82) is 0 Å². The van der Waals surface area contributed by atoms with Gasteiger partial charge in [-0.15, -0.1) is 0 Å². The Hall–Kier alpha value is -1.63. The summed E-state index contributed by atoms with van der Waals surface area (Å²) in [4.78, 5) is 15.1. The summed E-state index contributed by atoms with van der Waals surface area (Å²) in [6, 6.07) is 0. The van der Waals surface area contributed by atoms with Crippen molar-refractivity contribution in [1.82, 2.24) is 20.3 Å². The van der Waals surface area contributed by atoms with Crippen molar-refractivity contribution < 1.29 is 0 Å². The summed E-state index contributed by atoms with van der Waals surface area (Å²) in [5.41, 5.74) is 5.96. The highest BCUT2D eigenvalue weighted by Gasteiger charge is 2.16. The van der Waals surface area contributed by atoms with Crippen LogP contribution in [0.4, 0.5) is 17.8 Å². The van der Waals surface area contributed by atoms with Crippen LogP contribution in [-0.4, -0.2) is 47.7 Å². The van der Waals surface area contributed by atoms with Crippen molar-refractivity contribution in [3.05, 3.63) is 0 Å². The molecule has 0 unspecified atom stereocenters. The van der Waals surface area contributed by atoms with Crippen LogP contribution in [0.25, 0.3) is 0 Å². The summed E-state index contributed by atoms with van der Waals surface area (Å²) in [6.45, 7) is 11.1. The van der Waals surface area contributed by atoms with E-state index in [2.05, 4.69) is 51.3 Å². The zero-order valence-corrected chi connectivity index (χ0v) is 12.6. The van der Waals surface area contributed by atoms with Gasteiger partial charge in [0.05, 0.1) is 0 Å². The second-order valence-corrected chi connectivity index (χ2v) is 6.32. The molecule has 1 aliphatic heterocycles. The number of rotatable bonds is 3. The van der Waals surface area contributed by atoms with E-state index in [9.17, 15) is 0 Å². The maximum atomic E-state index is 5.80. The lowest BCUT2D eigenvalue weighted by atomic mass is 9.97. The highest BCUT2D eigenvalue weighted by Crippen LogP contribution is 2.16. The Morgan fingerprint density at radius 2 is 2.00 bits per heavy atom. The number of hydrogen-bond acceptors (Lipinski definition) is 7. The Kier molecular flexibility index (Phi) is 4.59. The molecule has 112 valence electrons. The molecule has 2 rings (SSSR count). The number of nitrogens with two attached hydrogens (primary N) is 1. The number of nitrogen functional groups attached to an aromatic ring is 1. The molecule has 0 radical (unpaired) electrons. The van der Waals surface area contributed by atoms with E-state index >= 15 is 0 Å². The van der Waals surface area contributed by atoms with Crippen LogP contribution in [0.3, 0.4) is 0 Å². The number of nitrogens with one attached hydrogen (secondary N) is 2. The van der Waals surface area contributed by atoms with Gasteiger partial charge in [0.25, 0.3) is 0 Å². The molecule has 2 heterocycles. The third-order valence-electron chi connectivity index (χ3n) is 3.04. The summed E-state index contributed by atoms with van der Waals surface area (Å²) in [5, 5.41) is 6.60. The van der Waals surface area contributed by atoms with Crippen molar-refractivity contribution in [3.8, 4) is 0 Å². The number of aromatic nitrogens is 3. The van der Waals surface area contributed by atoms with Gasteiger partial charge in [0.15, 0.2) is 0 Å². The minimum Gasteiger partial charge on any atom is -0.368 e. The van der Waals surface area contributed by atoms with Gasteiger partial charge in [0.1, 0.15) is 0 Å². The third-order valence-corrected chi connectivity index (χ3v) is 3.04. The molecule has 1 aromatic heterocycles. The highest BCUT2D eigenvalue weighted by molar-refractivity contribution is 5.42. The predicted molar refractivity (Wildman–Crippen MR) is 81.9 cm³/mol. The maximum Gasteiger partial charge on any atom is 0.231 e. The third kappa shape index (κ3) is 4.48. The van der Waals surface area contributed by atoms with Gasteiger partial charge in [0.2, 0.25) is 17.8 Å². The fourth-order valence-corrected chi connectivity index (χ4v) is 1.99. The molecule has 0 aromatic carbocycles. The average molecular weight is 279 g/mol. The van der Waals surface area contributed by atoms with Crippen molar-refractivity contribution in [3.63, 3.8) is 0 Å². The van der Waals surface area contributed by atoms with E-state index in [0.29, 0.717) is 11.9 Å². The topological polar surface area (TPSA) is 92.0 Å². The summed E-state index contributed by atoms with van der Waals surface area (Å²) < 4.78 is 0. The molecule has 1 aromatic rings. The molecule has 0 saturated carbocycles. The molecule has 1 aliphatic rings. The van der Waals surface area contributed by atoms with Crippen LogP contribution in [0.2, 0.25) is 0 Å². The van der Waals surface area contributed by atoms with Gasteiger partial charge in [-0.1, -0.05) is 20.8 Å². The monoisotopic (exact) mass is 279 g/mol. The second-order valence-electron chi connectivity index (χ2n) is 6.32. The SMILES string of the molecule is CC(C)(C)CNc1nc(N)nc(N2CCCNCC2)n1. The van der Waals surface area contributed by atoms with Crippen molar-refractivity contribution >= 4 is 17.8 Å². The highest BCUT2D eigenvalue weighted by atomic mass is 15.3. The second kappa shape index (κ2) is 6.21. The largest absolute Gasteiger partial charge is 0.368 e. The van der Waals surface area contributed by atoms with Gasteiger partial charge >= 0.3 is 0 Å². The molecule has 0 atom stereocenters. The first-order valence-electron chi connectivity index (χ1n) is 7.15. The fraction of sp³-hybridized carbons (Fsp3) is 0.769. The van der Waals surface area contributed by atoms with E-state index in [4.69, 9.17) is 5.73 Å². The van der Waals surface area contributed by atoms with Gasteiger partial charge < -0.3 is 21.3 Å². The normalized spacial score (nSPS) is 16.9. The maximum absolute atomic E-state index is 5.80. The van der Waals surface area contributed by atoms with Crippen LogP contribution in [0.15, 0.2) is 0 Å². The first kappa shape index (κ1) is 14.8. The van der Waals surface area contributed by atoms with Crippen LogP contribution < -0.4 is 21.3 Å². The Labute approximate surface area is 120 Å². The Morgan fingerprint density at radius 1 is 1.20 bits per heavy atom. The smallest absolute Gasteiger partial charge is 0.231 e. The zero-order valence-electron chi connectivity index (χ0n) is 12.6. The average Bonchev–Trinajstić information content (AvgIpc) is 2.64. The Bertz CT molecular complexity index is 433. The van der Waals surface area contributed by atoms with Crippen molar-refractivity contribution in [2.75, 3.05) is 48.7 Å². The van der Waals surface area contributed by atoms with Gasteiger partial charge in [-0.25, -0.2) is 0 Å². The molecule has 7 heteroatoms. The zero-order chi connectivity index (χ0) is 14.6. The summed E-state index contributed by atoms with van der Waals surface area (Å²) >= 11 is 0. The molecule has 4 N–H and O–H groups in total. The van der Waals surface area contributed by atoms with Gasteiger partial charge in [-0.3, -0.25) is 0 Å². The van der Waals surface area contributed by atoms with E-state index in [0.717, 1.165) is 39.1 Å². The lowest BCUT2D eigenvalue weighted by molar-refractivity contribution is 0.441. The Balaban J connectivity index is 2.11. The van der Waals surface area contributed by atoms with E-state index < -0.39 is 0 Å². The van der Waals surface area contributed by atoms with Crippen LogP contribution in [0, 0.1) is 5.41 Å². The minimum absolute atomic E-state index is 0.161. The van der Waals surface area contributed by atoms with Crippen LogP contribution in [0.1, 0.15) is 27.2 Å². The molecule has 1 saturated heterocycles. The molecule has 0 bridgehead atoms. The molecule has 0 spiro atoms. The fourth-order valence-electron chi connectivity index (χ4n) is 1.99. The molecule has 0 amide bonds. The van der Waals surface area contributed by atoms with Crippen molar-refractivity contribution in [2.24, 2.45) is 5.41 Å². The predicted octanol–water partition coefficient (Wildman–Crippen LogP) is 0.712. The first-order valence-corrected chi connectivity index (χ1v) is 7.15. The van der Waals surface area contributed by atoms with Crippen LogP contribution in [-0.2, 0) is 0 Å². The van der Waals surface area contributed by atoms with E-state index in [-0.39, 0.29) is 11.4 Å². The lowest BCUT2D eigenvalue weighted by Crippen LogP contribution is -2.30. The molecule has 1 fully saturated rings. The number of hydrogen-bond donors (Lipinski definition) is 3. The lowest BCUT2D eigenvalue weighted by Gasteiger charge is -2.22. The standard InChI is InChI=1S/C13H25N7/c1-13(2,3)9-16-11-17-10(14)18-12(19-11)20-7-4-5-15-6-8-20/h15H,4-9H2,1-3H3,(H3,14,16,17,18,19). The molecule has 0 aliphatic carbocycles. The van der Waals surface area contributed by atoms with Crippen LogP contribution in [0.5, 0.6) is 0 Å². The molecular formula is C13H25N7. The van der Waals surface area contributed by atoms with Crippen molar-refractivity contribution in [2.45, 2.75) is 27.2 Å². The number of anilines is 3. The first-order chi connectivity index (χ1) is 9.44. The van der Waals surface area contributed by atoms with E-state index in [1.165, 1.54) is 0 Å². The molecular weight excluding hydrogens is 254 g/mol. The quantitative estimate of drug-likeness (QED) is 0.750. The van der Waals surface area contributed by atoms with E-state index in [1.807, 2.05) is 0 Å². The number of nitrogens with zero attached hydrogens (tertiary/aromatic N) is 4. The van der Waals surface area contributed by atoms with Gasteiger partial charge in [-0.05, 0) is 18.4 Å². The summed E-state index contributed by atoms with van der Waals surface area (Å²) in [6.07, 6.45) is 1.08.